The van der Waals surface area contributed by atoms with Crippen molar-refractivity contribution in [3.63, 3.8) is 0 Å². The van der Waals surface area contributed by atoms with Crippen molar-refractivity contribution in [3.05, 3.63) is 42.4 Å². The van der Waals surface area contributed by atoms with Gasteiger partial charge in [-0.25, -0.2) is 9.97 Å². The molecule has 2 unspecified atom stereocenters. The fourth-order valence-electron chi connectivity index (χ4n) is 3.08. The van der Waals surface area contributed by atoms with Gasteiger partial charge in [-0.2, -0.15) is 0 Å². The maximum Gasteiger partial charge on any atom is 0.227 e. The van der Waals surface area contributed by atoms with Crippen LogP contribution >= 0.6 is 0 Å². The van der Waals surface area contributed by atoms with Crippen LogP contribution in [0.1, 0.15) is 31.5 Å². The molecule has 3 N–H and O–H groups in total. The maximum atomic E-state index is 12.4. The zero-order valence-electron chi connectivity index (χ0n) is 13.3. The van der Waals surface area contributed by atoms with Crippen LogP contribution in [0, 0.1) is 12.8 Å². The number of aromatic nitrogens is 2. The van der Waals surface area contributed by atoms with Crippen LogP contribution in [0.4, 0.5) is 5.69 Å². The third kappa shape index (κ3) is 3.93. The molecule has 0 bridgehead atoms. The van der Waals surface area contributed by atoms with Crippen molar-refractivity contribution >= 4 is 11.6 Å². The summed E-state index contributed by atoms with van der Waals surface area (Å²) in [5.74, 6) is 0.813. The maximum absolute atomic E-state index is 12.4. The zero-order chi connectivity index (χ0) is 16.2. The molecule has 1 saturated carbocycles. The normalized spacial score (nSPS) is 21.0. The molecule has 5 heteroatoms. The Bertz CT molecular complexity index is 701. The number of hydrogen-bond acceptors (Lipinski definition) is 4. The molecule has 0 aliphatic heterocycles. The van der Waals surface area contributed by atoms with Gasteiger partial charge in [-0.05, 0) is 44.4 Å². The third-order valence-electron chi connectivity index (χ3n) is 4.29. The Hall–Kier alpha value is -2.27. The molecule has 1 aliphatic carbocycles. The molecule has 1 amide bonds. The van der Waals surface area contributed by atoms with Crippen LogP contribution in [-0.2, 0) is 4.79 Å². The highest BCUT2D eigenvalue weighted by molar-refractivity contribution is 5.93. The summed E-state index contributed by atoms with van der Waals surface area (Å²) in [5, 5.41) is 3.02. The van der Waals surface area contributed by atoms with E-state index in [1.807, 2.05) is 37.3 Å². The molecule has 0 spiro atoms. The number of amides is 1. The van der Waals surface area contributed by atoms with Crippen molar-refractivity contribution < 1.29 is 4.79 Å². The molecule has 1 aromatic heterocycles. The Morgan fingerprint density at radius 2 is 2.17 bits per heavy atom. The Morgan fingerprint density at radius 3 is 2.96 bits per heavy atom. The Kier molecular flexibility index (Phi) is 4.67. The first-order valence-electron chi connectivity index (χ1n) is 8.08. The number of benzene rings is 1. The van der Waals surface area contributed by atoms with Crippen LogP contribution in [0.3, 0.4) is 0 Å². The van der Waals surface area contributed by atoms with Crippen LogP contribution in [-0.4, -0.2) is 21.9 Å². The van der Waals surface area contributed by atoms with E-state index in [9.17, 15) is 4.79 Å². The van der Waals surface area contributed by atoms with E-state index in [1.54, 1.807) is 6.20 Å². The fraction of sp³-hybridized carbons (Fsp3) is 0.389. The highest BCUT2D eigenvalue weighted by Gasteiger charge is 2.25. The second kappa shape index (κ2) is 6.87. The van der Waals surface area contributed by atoms with Gasteiger partial charge in [0.15, 0.2) is 0 Å². The lowest BCUT2D eigenvalue weighted by Crippen LogP contribution is -2.34. The highest BCUT2D eigenvalue weighted by Crippen LogP contribution is 2.26. The number of rotatable bonds is 3. The minimum absolute atomic E-state index is 0.0173. The molecular weight excluding hydrogens is 288 g/mol. The standard InChI is InChI=1S/C18H22N4O/c1-12-20-9-8-17(21-12)13-4-3-7-16(11-13)22-18(23)14-5-2-6-15(19)10-14/h3-4,7-9,11,14-15H,2,5-6,10,19H2,1H3,(H,22,23). The van der Waals surface area contributed by atoms with Gasteiger partial charge in [-0.1, -0.05) is 18.6 Å². The van der Waals surface area contributed by atoms with E-state index in [4.69, 9.17) is 5.73 Å². The molecule has 1 aliphatic rings. The molecule has 0 radical (unpaired) electrons. The van der Waals surface area contributed by atoms with Crippen molar-refractivity contribution in [1.82, 2.24) is 9.97 Å². The minimum Gasteiger partial charge on any atom is -0.328 e. The summed E-state index contributed by atoms with van der Waals surface area (Å²) in [5.41, 5.74) is 8.59. The van der Waals surface area contributed by atoms with E-state index in [0.717, 1.165) is 48.5 Å². The van der Waals surface area contributed by atoms with E-state index in [-0.39, 0.29) is 17.9 Å². The van der Waals surface area contributed by atoms with Crippen molar-refractivity contribution in [3.8, 4) is 11.3 Å². The van der Waals surface area contributed by atoms with Crippen molar-refractivity contribution in [2.45, 2.75) is 38.6 Å². The summed E-state index contributed by atoms with van der Waals surface area (Å²) < 4.78 is 0. The Labute approximate surface area is 136 Å². The van der Waals surface area contributed by atoms with E-state index in [2.05, 4.69) is 15.3 Å². The number of hydrogen-bond donors (Lipinski definition) is 2. The van der Waals surface area contributed by atoms with Gasteiger partial charge in [-0.15, -0.1) is 0 Å². The highest BCUT2D eigenvalue weighted by atomic mass is 16.1. The zero-order valence-corrected chi connectivity index (χ0v) is 13.3. The molecule has 1 aromatic carbocycles. The number of anilines is 1. The van der Waals surface area contributed by atoms with Gasteiger partial charge in [0, 0.05) is 29.4 Å². The van der Waals surface area contributed by atoms with Crippen LogP contribution in [0.2, 0.25) is 0 Å². The lowest BCUT2D eigenvalue weighted by atomic mass is 9.85. The summed E-state index contributed by atoms with van der Waals surface area (Å²) in [7, 11) is 0. The average molecular weight is 310 g/mol. The summed E-state index contributed by atoms with van der Waals surface area (Å²) in [6, 6.07) is 9.77. The number of carbonyl (C=O) groups excluding carboxylic acids is 1. The van der Waals surface area contributed by atoms with Crippen LogP contribution in [0.15, 0.2) is 36.5 Å². The lowest BCUT2D eigenvalue weighted by molar-refractivity contribution is -0.120. The number of nitrogens with zero attached hydrogens (tertiary/aromatic N) is 2. The van der Waals surface area contributed by atoms with Gasteiger partial charge in [-0.3, -0.25) is 4.79 Å². The molecule has 1 heterocycles. The smallest absolute Gasteiger partial charge is 0.227 e. The number of nitrogens with two attached hydrogens (primary N) is 1. The van der Waals surface area contributed by atoms with Gasteiger partial charge < -0.3 is 11.1 Å². The molecule has 120 valence electrons. The Morgan fingerprint density at radius 1 is 1.30 bits per heavy atom. The van der Waals surface area contributed by atoms with Gasteiger partial charge >= 0.3 is 0 Å². The second-order valence-corrected chi connectivity index (χ2v) is 6.18. The van der Waals surface area contributed by atoms with Crippen molar-refractivity contribution in [2.24, 2.45) is 11.7 Å². The van der Waals surface area contributed by atoms with E-state index in [0.29, 0.717) is 0 Å². The fourth-order valence-corrected chi connectivity index (χ4v) is 3.08. The number of nitrogens with one attached hydrogen (secondary N) is 1. The van der Waals surface area contributed by atoms with Gasteiger partial charge in [0.05, 0.1) is 5.69 Å². The predicted octanol–water partition coefficient (Wildman–Crippen LogP) is 2.91. The topological polar surface area (TPSA) is 80.9 Å². The average Bonchev–Trinajstić information content (AvgIpc) is 2.55. The Balaban J connectivity index is 1.74. The van der Waals surface area contributed by atoms with E-state index in [1.165, 1.54) is 0 Å². The molecule has 2 aromatic rings. The molecular formula is C18H22N4O. The predicted molar refractivity (Wildman–Crippen MR) is 90.8 cm³/mol. The van der Waals surface area contributed by atoms with Crippen LogP contribution < -0.4 is 11.1 Å². The first-order chi connectivity index (χ1) is 11.1. The summed E-state index contributed by atoms with van der Waals surface area (Å²) in [6.07, 6.45) is 5.49. The monoisotopic (exact) mass is 310 g/mol. The minimum atomic E-state index is 0.0173. The third-order valence-corrected chi connectivity index (χ3v) is 4.29. The van der Waals surface area contributed by atoms with Crippen molar-refractivity contribution in [1.29, 1.82) is 0 Å². The van der Waals surface area contributed by atoms with Crippen LogP contribution in [0.25, 0.3) is 11.3 Å². The first-order valence-corrected chi connectivity index (χ1v) is 8.08. The summed E-state index contributed by atoms with van der Waals surface area (Å²) in [4.78, 5) is 21.0. The first kappa shape index (κ1) is 15.6. The van der Waals surface area contributed by atoms with E-state index < -0.39 is 0 Å². The largest absolute Gasteiger partial charge is 0.328 e. The SMILES string of the molecule is Cc1nccc(-c2cccc(NC(=O)C3CCCC(N)C3)c2)n1. The number of aryl methyl sites for hydroxylation is 1. The lowest BCUT2D eigenvalue weighted by Gasteiger charge is -2.25. The molecule has 23 heavy (non-hydrogen) atoms. The van der Waals surface area contributed by atoms with Gasteiger partial charge in [0.1, 0.15) is 5.82 Å². The van der Waals surface area contributed by atoms with Crippen molar-refractivity contribution in [2.75, 3.05) is 5.32 Å². The molecule has 5 nitrogen and oxygen atoms in total. The quantitative estimate of drug-likeness (QED) is 0.913. The van der Waals surface area contributed by atoms with E-state index >= 15 is 0 Å². The van der Waals surface area contributed by atoms with Gasteiger partial charge in [0.2, 0.25) is 5.91 Å². The number of carbonyl (C=O) groups is 1. The molecule has 1 fully saturated rings. The second-order valence-electron chi connectivity index (χ2n) is 6.18. The molecule has 0 saturated heterocycles. The van der Waals surface area contributed by atoms with Crippen LogP contribution in [0.5, 0.6) is 0 Å². The summed E-state index contributed by atoms with van der Waals surface area (Å²) in [6.45, 7) is 1.86. The molecule has 3 rings (SSSR count). The van der Waals surface area contributed by atoms with Gasteiger partial charge in [0.25, 0.3) is 0 Å². The summed E-state index contributed by atoms with van der Waals surface area (Å²) >= 11 is 0. The molecule has 2 atom stereocenters.